The molecule has 0 aliphatic carbocycles. The molecule has 0 spiro atoms. The first-order valence-corrected chi connectivity index (χ1v) is 12.5. The lowest BCUT2D eigenvalue weighted by molar-refractivity contribution is -0.130. The van der Waals surface area contributed by atoms with Crippen LogP contribution in [-0.4, -0.2) is 60.4 Å². The van der Waals surface area contributed by atoms with Crippen LogP contribution in [0.1, 0.15) is 47.2 Å². The molecule has 0 bridgehead atoms. The standard InChI is InChI=1S/C24H31N5O5S/c1-15-14-35-21(27-15)9-5-10-26-24(33)18-13-20(30)28-16(2)22(31)25-11-6-12-34-19-8-4-3-7-17(19)23(32)29-18/h3-4,7-8,14,16,18H,5-6,9-13H2,1-2H3,(H,25,31)(H,26,33)(H,28,30)(H,29,32)/t16-,18-/m0/s1. The quantitative estimate of drug-likeness (QED) is 0.453. The minimum atomic E-state index is -1.13. The molecule has 0 saturated heterocycles. The number of carbonyl (C=O) groups is 4. The van der Waals surface area contributed by atoms with E-state index in [-0.39, 0.29) is 24.5 Å². The fourth-order valence-corrected chi connectivity index (χ4v) is 4.31. The minimum absolute atomic E-state index is 0.261. The lowest BCUT2D eigenvalue weighted by atomic mass is 10.1. The van der Waals surface area contributed by atoms with Crippen molar-refractivity contribution in [2.45, 2.75) is 51.6 Å². The molecule has 188 valence electrons. The molecule has 3 rings (SSSR count). The Labute approximate surface area is 208 Å². The fraction of sp³-hybridized carbons (Fsp3) is 0.458. The molecule has 35 heavy (non-hydrogen) atoms. The van der Waals surface area contributed by atoms with E-state index in [1.54, 1.807) is 42.5 Å². The van der Waals surface area contributed by atoms with Crippen LogP contribution in [0.3, 0.4) is 0 Å². The van der Waals surface area contributed by atoms with Crippen molar-refractivity contribution in [2.24, 2.45) is 0 Å². The summed E-state index contributed by atoms with van der Waals surface area (Å²) in [4.78, 5) is 55.2. The van der Waals surface area contributed by atoms with Gasteiger partial charge in [-0.25, -0.2) is 4.98 Å². The summed E-state index contributed by atoms with van der Waals surface area (Å²) in [5.74, 6) is -1.50. The molecule has 0 fully saturated rings. The van der Waals surface area contributed by atoms with Crippen molar-refractivity contribution < 1.29 is 23.9 Å². The minimum Gasteiger partial charge on any atom is -0.493 e. The van der Waals surface area contributed by atoms with Crippen LogP contribution in [-0.2, 0) is 20.8 Å². The van der Waals surface area contributed by atoms with Gasteiger partial charge in [-0.05, 0) is 38.8 Å². The molecule has 0 radical (unpaired) electrons. The molecule has 2 aromatic rings. The number of rotatable bonds is 5. The number of nitrogens with one attached hydrogen (secondary N) is 4. The zero-order valence-corrected chi connectivity index (χ0v) is 20.7. The van der Waals surface area contributed by atoms with E-state index in [1.165, 1.54) is 0 Å². The summed E-state index contributed by atoms with van der Waals surface area (Å²) < 4.78 is 5.74. The summed E-state index contributed by atoms with van der Waals surface area (Å²) in [7, 11) is 0. The van der Waals surface area contributed by atoms with E-state index in [0.717, 1.165) is 10.7 Å². The third-order valence-corrected chi connectivity index (χ3v) is 6.35. The Bertz CT molecular complexity index is 1060. The van der Waals surface area contributed by atoms with Crippen LogP contribution in [0.15, 0.2) is 29.6 Å². The molecule has 4 N–H and O–H groups in total. The highest BCUT2D eigenvalue weighted by atomic mass is 32.1. The van der Waals surface area contributed by atoms with Gasteiger partial charge in [0.2, 0.25) is 17.7 Å². The molecule has 2 atom stereocenters. The number of thiazole rings is 1. The maximum absolute atomic E-state index is 13.0. The highest BCUT2D eigenvalue weighted by Crippen LogP contribution is 2.18. The number of benzene rings is 1. The van der Waals surface area contributed by atoms with Gasteiger partial charge in [0, 0.05) is 30.6 Å². The lowest BCUT2D eigenvalue weighted by Gasteiger charge is -2.20. The molecule has 1 aliphatic heterocycles. The van der Waals surface area contributed by atoms with Crippen LogP contribution in [0.4, 0.5) is 0 Å². The Kier molecular flexibility index (Phi) is 9.59. The van der Waals surface area contributed by atoms with Gasteiger partial charge in [0.1, 0.15) is 17.8 Å². The van der Waals surface area contributed by atoms with Crippen molar-refractivity contribution in [2.75, 3.05) is 19.7 Å². The van der Waals surface area contributed by atoms with Crippen molar-refractivity contribution in [3.05, 3.63) is 45.9 Å². The van der Waals surface area contributed by atoms with Gasteiger partial charge in [-0.15, -0.1) is 11.3 Å². The number of para-hydroxylation sites is 1. The SMILES string of the molecule is Cc1csc(CCCNC(=O)[C@@H]2CC(=O)N[C@@H](C)C(=O)NCCCOc3ccccc3C(=O)N2)n1. The second-order valence-corrected chi connectivity index (χ2v) is 9.23. The first-order valence-electron chi connectivity index (χ1n) is 11.6. The van der Waals surface area contributed by atoms with Gasteiger partial charge in [0.05, 0.1) is 23.6 Å². The normalized spacial score (nSPS) is 19.7. The third-order valence-electron chi connectivity index (χ3n) is 5.32. The first kappa shape index (κ1) is 26.1. The van der Waals surface area contributed by atoms with E-state index >= 15 is 0 Å². The zero-order chi connectivity index (χ0) is 25.2. The topological polar surface area (TPSA) is 139 Å². The number of aryl methyl sites for hydroxylation is 2. The molecular formula is C24H31N5O5S. The van der Waals surface area contributed by atoms with Crippen LogP contribution in [0, 0.1) is 6.92 Å². The van der Waals surface area contributed by atoms with Crippen LogP contribution in [0.5, 0.6) is 5.75 Å². The number of aromatic nitrogens is 1. The summed E-state index contributed by atoms with van der Waals surface area (Å²) in [5.41, 5.74) is 1.22. The Morgan fingerprint density at radius 3 is 2.80 bits per heavy atom. The van der Waals surface area contributed by atoms with Crippen molar-refractivity contribution >= 4 is 35.0 Å². The number of nitrogens with zero attached hydrogens (tertiary/aromatic N) is 1. The Balaban J connectivity index is 1.70. The van der Waals surface area contributed by atoms with Gasteiger partial charge in [0.25, 0.3) is 5.91 Å². The van der Waals surface area contributed by atoms with Crippen molar-refractivity contribution in [3.63, 3.8) is 0 Å². The average molecular weight is 502 g/mol. The van der Waals surface area contributed by atoms with Gasteiger partial charge in [0.15, 0.2) is 0 Å². The number of hydrogen-bond acceptors (Lipinski definition) is 7. The molecule has 1 aromatic heterocycles. The Hall–Kier alpha value is -3.47. The van der Waals surface area contributed by atoms with Crippen molar-refractivity contribution in [1.29, 1.82) is 0 Å². The zero-order valence-electron chi connectivity index (χ0n) is 19.9. The maximum Gasteiger partial charge on any atom is 0.255 e. The monoisotopic (exact) mass is 501 g/mol. The summed E-state index contributed by atoms with van der Waals surface area (Å²) in [5, 5.41) is 13.7. The van der Waals surface area contributed by atoms with Crippen LogP contribution in [0.25, 0.3) is 0 Å². The maximum atomic E-state index is 13.0. The molecule has 2 heterocycles. The predicted molar refractivity (Wildman–Crippen MR) is 131 cm³/mol. The number of amides is 4. The highest BCUT2D eigenvalue weighted by molar-refractivity contribution is 7.09. The van der Waals surface area contributed by atoms with Gasteiger partial charge < -0.3 is 26.0 Å². The highest BCUT2D eigenvalue weighted by Gasteiger charge is 2.27. The summed E-state index contributed by atoms with van der Waals surface area (Å²) in [6, 6.07) is 4.78. The molecule has 0 saturated carbocycles. The van der Waals surface area contributed by atoms with Crippen LogP contribution >= 0.6 is 11.3 Å². The second kappa shape index (κ2) is 12.8. The van der Waals surface area contributed by atoms with E-state index in [1.807, 2.05) is 12.3 Å². The molecular weight excluding hydrogens is 470 g/mol. The van der Waals surface area contributed by atoms with Crippen LogP contribution < -0.4 is 26.0 Å². The van der Waals surface area contributed by atoms with E-state index in [4.69, 9.17) is 4.74 Å². The third kappa shape index (κ3) is 8.06. The average Bonchev–Trinajstić information content (AvgIpc) is 3.25. The van der Waals surface area contributed by atoms with E-state index in [2.05, 4.69) is 26.3 Å². The fourth-order valence-electron chi connectivity index (χ4n) is 3.49. The Morgan fingerprint density at radius 1 is 1.23 bits per heavy atom. The summed E-state index contributed by atoms with van der Waals surface area (Å²) in [6.45, 7) is 4.50. The molecule has 0 unspecified atom stereocenters. The predicted octanol–water partition coefficient (Wildman–Crippen LogP) is 1.09. The number of hydrogen-bond donors (Lipinski definition) is 4. The first-order chi connectivity index (χ1) is 16.8. The summed E-state index contributed by atoms with van der Waals surface area (Å²) >= 11 is 1.57. The number of fused-ring (bicyclic) bond motifs is 1. The Morgan fingerprint density at radius 2 is 2.03 bits per heavy atom. The molecule has 4 amide bonds. The number of carbonyl (C=O) groups excluding carboxylic acids is 4. The van der Waals surface area contributed by atoms with Crippen molar-refractivity contribution in [1.82, 2.24) is 26.3 Å². The second-order valence-electron chi connectivity index (χ2n) is 8.29. The van der Waals surface area contributed by atoms with Crippen LogP contribution in [0.2, 0.25) is 0 Å². The largest absolute Gasteiger partial charge is 0.493 e. The van der Waals surface area contributed by atoms with E-state index in [0.29, 0.717) is 38.1 Å². The van der Waals surface area contributed by atoms with E-state index < -0.39 is 29.8 Å². The number of ether oxygens (including phenoxy) is 1. The van der Waals surface area contributed by atoms with Crippen molar-refractivity contribution in [3.8, 4) is 5.75 Å². The lowest BCUT2D eigenvalue weighted by Crippen LogP contribution is -2.51. The molecule has 1 aromatic carbocycles. The molecule has 11 heteroatoms. The van der Waals surface area contributed by atoms with Gasteiger partial charge in [-0.1, -0.05) is 12.1 Å². The molecule has 1 aliphatic rings. The van der Waals surface area contributed by atoms with Gasteiger partial charge in [-0.2, -0.15) is 0 Å². The van der Waals surface area contributed by atoms with Gasteiger partial charge >= 0.3 is 0 Å². The van der Waals surface area contributed by atoms with E-state index in [9.17, 15) is 19.2 Å². The van der Waals surface area contributed by atoms with Gasteiger partial charge in [-0.3, -0.25) is 19.2 Å². The molecule has 10 nitrogen and oxygen atoms in total. The smallest absolute Gasteiger partial charge is 0.255 e. The summed E-state index contributed by atoms with van der Waals surface area (Å²) in [6.07, 6.45) is 1.59.